The van der Waals surface area contributed by atoms with Gasteiger partial charge in [0.05, 0.1) is 12.2 Å². The molecule has 0 radical (unpaired) electrons. The Morgan fingerprint density at radius 3 is 2.63 bits per heavy atom. The molecule has 0 unspecified atom stereocenters. The third-order valence-corrected chi connectivity index (χ3v) is 3.50. The van der Waals surface area contributed by atoms with Crippen LogP contribution in [0.15, 0.2) is 29.6 Å². The van der Waals surface area contributed by atoms with Crippen molar-refractivity contribution in [2.75, 3.05) is 20.8 Å². The van der Waals surface area contributed by atoms with Crippen LogP contribution in [0.1, 0.15) is 18.9 Å². The Kier molecular flexibility index (Phi) is 4.90. The van der Waals surface area contributed by atoms with E-state index in [9.17, 15) is 0 Å². The zero-order valence-electron chi connectivity index (χ0n) is 11.3. The van der Waals surface area contributed by atoms with Gasteiger partial charge in [0.1, 0.15) is 16.5 Å². The number of benzene rings is 1. The largest absolute Gasteiger partial charge is 0.493 e. The van der Waals surface area contributed by atoms with Gasteiger partial charge in [-0.15, -0.1) is 11.3 Å². The van der Waals surface area contributed by atoms with Gasteiger partial charge in [-0.05, 0) is 19.1 Å². The lowest BCUT2D eigenvalue weighted by Gasteiger charge is -2.10. The number of nitrogens with zero attached hydrogens (tertiary/aromatic N) is 1. The van der Waals surface area contributed by atoms with Gasteiger partial charge in [-0.2, -0.15) is 0 Å². The van der Waals surface area contributed by atoms with Crippen LogP contribution in [0.4, 0.5) is 0 Å². The molecule has 0 aliphatic carbocycles. The molecule has 0 N–H and O–H groups in total. The minimum Gasteiger partial charge on any atom is -0.493 e. The summed E-state index contributed by atoms with van der Waals surface area (Å²) >= 11 is 1.55. The summed E-state index contributed by atoms with van der Waals surface area (Å²) in [6.07, 6.45) is -0.427. The topological polar surface area (TPSA) is 40.6 Å². The molecule has 0 atom stereocenters. The first kappa shape index (κ1) is 14.0. The van der Waals surface area contributed by atoms with Gasteiger partial charge in [0, 0.05) is 19.6 Å². The minimum absolute atomic E-state index is 0.427. The molecule has 1 aromatic carbocycles. The molecule has 1 aromatic heterocycles. The molecule has 0 spiro atoms. The standard InChI is InChI=1S/C14H17NO3S/c1-4-18-12-8-6-5-7-10(12)13-15-11(9-19-13)14(16-2)17-3/h5-9,14H,4H2,1-3H3. The molecule has 2 aromatic rings. The maximum absolute atomic E-state index is 5.62. The summed E-state index contributed by atoms with van der Waals surface area (Å²) in [5.74, 6) is 0.845. The van der Waals surface area contributed by atoms with Crippen molar-refractivity contribution in [2.45, 2.75) is 13.2 Å². The van der Waals surface area contributed by atoms with Gasteiger partial charge in [0.2, 0.25) is 6.29 Å². The van der Waals surface area contributed by atoms with Crippen LogP contribution in [-0.4, -0.2) is 25.8 Å². The fraction of sp³-hybridized carbons (Fsp3) is 0.357. The SMILES string of the molecule is CCOc1ccccc1-c1nc(C(OC)OC)cs1. The molecule has 0 aliphatic heterocycles. The van der Waals surface area contributed by atoms with Crippen LogP contribution in [0.3, 0.4) is 0 Å². The fourth-order valence-electron chi connectivity index (χ4n) is 1.78. The van der Waals surface area contributed by atoms with E-state index < -0.39 is 6.29 Å². The van der Waals surface area contributed by atoms with Crippen LogP contribution in [0.2, 0.25) is 0 Å². The summed E-state index contributed by atoms with van der Waals surface area (Å²) in [7, 11) is 3.20. The van der Waals surface area contributed by atoms with E-state index in [0.29, 0.717) is 6.61 Å². The van der Waals surface area contributed by atoms with Crippen LogP contribution in [0.5, 0.6) is 5.75 Å². The highest BCUT2D eigenvalue weighted by Crippen LogP contribution is 2.33. The molecule has 0 bridgehead atoms. The van der Waals surface area contributed by atoms with Crippen LogP contribution >= 0.6 is 11.3 Å². The maximum Gasteiger partial charge on any atom is 0.201 e. The van der Waals surface area contributed by atoms with Crippen molar-refractivity contribution in [3.8, 4) is 16.3 Å². The lowest BCUT2D eigenvalue weighted by Crippen LogP contribution is -2.03. The Morgan fingerprint density at radius 1 is 1.21 bits per heavy atom. The highest BCUT2D eigenvalue weighted by molar-refractivity contribution is 7.13. The molecule has 1 heterocycles. The molecule has 0 saturated carbocycles. The van der Waals surface area contributed by atoms with Gasteiger partial charge >= 0.3 is 0 Å². The van der Waals surface area contributed by atoms with Gasteiger partial charge in [0.15, 0.2) is 0 Å². The molecular formula is C14H17NO3S. The average Bonchev–Trinajstić information content (AvgIpc) is 2.91. The molecular weight excluding hydrogens is 262 g/mol. The molecule has 19 heavy (non-hydrogen) atoms. The zero-order chi connectivity index (χ0) is 13.7. The molecule has 0 amide bonds. The Labute approximate surface area is 117 Å². The van der Waals surface area contributed by atoms with Crippen LogP contribution in [0.25, 0.3) is 10.6 Å². The van der Waals surface area contributed by atoms with Crippen molar-refractivity contribution in [1.82, 2.24) is 4.98 Å². The lowest BCUT2D eigenvalue weighted by atomic mass is 10.2. The van der Waals surface area contributed by atoms with Crippen molar-refractivity contribution in [3.05, 3.63) is 35.3 Å². The molecule has 4 nitrogen and oxygen atoms in total. The maximum atomic E-state index is 5.62. The summed E-state index contributed by atoms with van der Waals surface area (Å²) in [5, 5.41) is 2.84. The fourth-order valence-corrected chi connectivity index (χ4v) is 2.63. The van der Waals surface area contributed by atoms with Gasteiger partial charge in [-0.1, -0.05) is 12.1 Å². The molecule has 0 fully saturated rings. The zero-order valence-corrected chi connectivity index (χ0v) is 12.1. The van der Waals surface area contributed by atoms with Crippen LogP contribution in [0, 0.1) is 0 Å². The monoisotopic (exact) mass is 279 g/mol. The van der Waals surface area contributed by atoms with Crippen LogP contribution in [-0.2, 0) is 9.47 Å². The molecule has 0 saturated heterocycles. The Balaban J connectivity index is 2.32. The quantitative estimate of drug-likeness (QED) is 0.759. The van der Waals surface area contributed by atoms with Gasteiger partial charge < -0.3 is 14.2 Å². The average molecular weight is 279 g/mol. The van der Waals surface area contributed by atoms with Crippen molar-refractivity contribution in [1.29, 1.82) is 0 Å². The van der Waals surface area contributed by atoms with Gasteiger partial charge in [-0.3, -0.25) is 0 Å². The van der Waals surface area contributed by atoms with E-state index in [2.05, 4.69) is 4.98 Å². The number of ether oxygens (including phenoxy) is 3. The number of hydrogen-bond donors (Lipinski definition) is 0. The highest BCUT2D eigenvalue weighted by atomic mass is 32.1. The first-order chi connectivity index (χ1) is 9.30. The summed E-state index contributed by atoms with van der Waals surface area (Å²) in [6.45, 7) is 2.60. The Morgan fingerprint density at radius 2 is 1.95 bits per heavy atom. The first-order valence-electron chi connectivity index (χ1n) is 6.03. The van der Waals surface area contributed by atoms with E-state index in [1.54, 1.807) is 25.6 Å². The number of hydrogen-bond acceptors (Lipinski definition) is 5. The predicted octanol–water partition coefficient (Wildman–Crippen LogP) is 3.50. The summed E-state index contributed by atoms with van der Waals surface area (Å²) < 4.78 is 16.0. The van der Waals surface area contributed by atoms with E-state index in [-0.39, 0.29) is 0 Å². The molecule has 102 valence electrons. The van der Waals surface area contributed by atoms with E-state index in [4.69, 9.17) is 14.2 Å². The van der Waals surface area contributed by atoms with E-state index >= 15 is 0 Å². The third-order valence-electron chi connectivity index (χ3n) is 2.61. The second-order valence-electron chi connectivity index (χ2n) is 3.81. The predicted molar refractivity (Wildman–Crippen MR) is 75.5 cm³/mol. The minimum atomic E-state index is -0.427. The number of aromatic nitrogens is 1. The normalized spacial score (nSPS) is 10.9. The molecule has 0 aliphatic rings. The summed E-state index contributed by atoms with van der Waals surface area (Å²) in [6, 6.07) is 7.88. The van der Waals surface area contributed by atoms with Gasteiger partial charge in [0.25, 0.3) is 0 Å². The number of thiazole rings is 1. The second kappa shape index (κ2) is 6.65. The van der Waals surface area contributed by atoms with Crippen molar-refractivity contribution in [2.24, 2.45) is 0 Å². The van der Waals surface area contributed by atoms with Gasteiger partial charge in [-0.25, -0.2) is 4.98 Å². The van der Waals surface area contributed by atoms with E-state index in [0.717, 1.165) is 22.0 Å². The molecule has 2 rings (SSSR count). The lowest BCUT2D eigenvalue weighted by molar-refractivity contribution is -0.108. The van der Waals surface area contributed by atoms with Crippen molar-refractivity contribution >= 4 is 11.3 Å². The first-order valence-corrected chi connectivity index (χ1v) is 6.91. The number of rotatable bonds is 6. The third kappa shape index (κ3) is 3.12. The number of para-hydroxylation sites is 1. The molecule has 5 heteroatoms. The summed E-state index contributed by atoms with van der Waals surface area (Å²) in [5.41, 5.74) is 1.77. The van der Waals surface area contributed by atoms with E-state index in [1.807, 2.05) is 36.6 Å². The smallest absolute Gasteiger partial charge is 0.201 e. The van der Waals surface area contributed by atoms with E-state index in [1.165, 1.54) is 0 Å². The van der Waals surface area contributed by atoms with Crippen molar-refractivity contribution < 1.29 is 14.2 Å². The Bertz CT molecular complexity index is 523. The van der Waals surface area contributed by atoms with Crippen molar-refractivity contribution in [3.63, 3.8) is 0 Å². The van der Waals surface area contributed by atoms with Crippen LogP contribution < -0.4 is 4.74 Å². The highest BCUT2D eigenvalue weighted by Gasteiger charge is 2.15. The Hall–Kier alpha value is -1.43. The number of methoxy groups -OCH3 is 2. The summed E-state index contributed by atoms with van der Waals surface area (Å²) in [4.78, 5) is 4.55. The second-order valence-corrected chi connectivity index (χ2v) is 4.67.